The first-order valence-corrected chi connectivity index (χ1v) is 55.4. The van der Waals surface area contributed by atoms with Crippen molar-refractivity contribution in [3.8, 4) is 80.6 Å². The zero-order chi connectivity index (χ0) is 96.2. The Morgan fingerprint density at radius 1 is 0.350 bits per heavy atom. The number of rotatable bonds is 40. The number of carbonyl (C=O) groups excluding carboxylic acids is 2. The molecule has 6 nitrogen and oxygen atoms in total. The van der Waals surface area contributed by atoms with Crippen LogP contribution in [0.25, 0.3) is 128 Å². The average Bonchev–Trinajstić information content (AvgIpc) is 1.41. The Kier molecular flexibility index (Phi) is 26.7. The number of aryl methyl sites for hydroxylation is 4. The number of Topliss-reactive ketones (excluding diaryl/α,β-unsaturated/α-hetero) is 2. The molecule has 17 aromatic rings. The van der Waals surface area contributed by atoms with Crippen LogP contribution in [0.5, 0.6) is 11.8 Å². The van der Waals surface area contributed by atoms with Gasteiger partial charge in [-0.15, -0.1) is 71.0 Å². The summed E-state index contributed by atoms with van der Waals surface area (Å²) < 4.78 is 17.9. The maximum atomic E-state index is 15.3. The predicted molar refractivity (Wildman–Crippen MR) is 597 cm³/mol. The van der Waals surface area contributed by atoms with Gasteiger partial charge in [-0.1, -0.05) is 352 Å². The van der Waals surface area contributed by atoms with Crippen LogP contribution >= 0.6 is 45.3 Å². The second-order valence-electron chi connectivity index (χ2n) is 39.8. The summed E-state index contributed by atoms with van der Waals surface area (Å²) >= 11 is 7.28. The molecule has 0 fully saturated rings. The standard InChI is InChI=1S/C130H122N2O4S4/c1-13-25-31-35-45-81-53-61-87(62-54-81)129(88-63-55-82(56-64-88)46-36-32-26-14-2)101-75-91(73-99-105(85(21-9)22-10)93-49-39-41-51-95(93)119(99)133)137-121(101)125-117(129)109-97-69-71-103-111-107(97)113-112-104(131-127(115(113)123(109)139-125)135-77-79(19-7)43-29-17-5)72-70-98-108(112)114(111)116(128(132-103)136-78-80(20-8)44-30-18-6)124-110(98)118-126(140-124)122-102(76-92(138-122)74-100-106(86(23-11)24-12)94-50-40-42-52-96(94)120(100)134)130(118,89-65-57-83(58-66-89)47-37-33-27-15-3)90-67-59-84(60-68-90)48-38-34-28-16-4/h9-12,39-42,49-76,79-80H,13-20,25-38,43-48,77-78H2,1-8H3/b99-73-,100-74-. The van der Waals surface area contributed by atoms with Gasteiger partial charge in [0, 0.05) is 95.7 Å². The normalized spacial score (nSPS) is 14.9. The van der Waals surface area contributed by atoms with E-state index in [0.29, 0.717) is 69.5 Å². The fourth-order valence-electron chi connectivity index (χ4n) is 24.1. The zero-order valence-electron chi connectivity index (χ0n) is 82.3. The second-order valence-corrected chi connectivity index (χ2v) is 44.0. The number of pyridine rings is 2. The third-order valence-electron chi connectivity index (χ3n) is 31.4. The number of benzene rings is 11. The Morgan fingerprint density at radius 2 is 0.679 bits per heavy atom. The van der Waals surface area contributed by atoms with E-state index in [1.807, 2.05) is 71.2 Å². The first-order chi connectivity index (χ1) is 68.8. The van der Waals surface area contributed by atoms with E-state index >= 15 is 9.59 Å². The summed E-state index contributed by atoms with van der Waals surface area (Å²) in [5.74, 6) is 13.0. The zero-order valence-corrected chi connectivity index (χ0v) is 85.6. The summed E-state index contributed by atoms with van der Waals surface area (Å²) in [5, 5.41) is 13.4. The third kappa shape index (κ3) is 15.6. The highest BCUT2D eigenvalue weighted by molar-refractivity contribution is 7.28. The molecule has 0 saturated heterocycles. The maximum Gasteiger partial charge on any atom is 0.223 e. The van der Waals surface area contributed by atoms with Gasteiger partial charge in [0.05, 0.1) is 76.5 Å². The molecule has 0 amide bonds. The van der Waals surface area contributed by atoms with Gasteiger partial charge in [0.2, 0.25) is 11.8 Å². The van der Waals surface area contributed by atoms with Crippen LogP contribution in [0.4, 0.5) is 0 Å². The molecule has 0 N–H and O–H groups in total. The van der Waals surface area contributed by atoms with E-state index in [-0.39, 0.29) is 23.4 Å². The van der Waals surface area contributed by atoms with Gasteiger partial charge in [-0.05, 0) is 201 Å². The molecular weight excluding hydrogens is 1780 g/mol. The lowest BCUT2D eigenvalue weighted by atomic mass is 9.66. The number of carbonyl (C=O) groups is 2. The highest BCUT2D eigenvalue weighted by Crippen LogP contribution is 2.70. The number of hydrogen-bond acceptors (Lipinski definition) is 10. The predicted octanol–water partition coefficient (Wildman–Crippen LogP) is 35.3. The Hall–Kier alpha value is -12.5. The van der Waals surface area contributed by atoms with Crippen LogP contribution in [0.2, 0.25) is 0 Å². The molecule has 4 aliphatic rings. The molecule has 0 saturated carbocycles. The van der Waals surface area contributed by atoms with Crippen molar-refractivity contribution >= 4 is 165 Å². The van der Waals surface area contributed by atoms with Crippen LogP contribution < -0.4 is 9.47 Å². The first-order valence-electron chi connectivity index (χ1n) is 52.2. The Labute approximate surface area is 842 Å². The van der Waals surface area contributed by atoms with Gasteiger partial charge in [-0.2, -0.15) is 0 Å². The molecule has 10 heteroatoms. The number of ketones is 2. The fourth-order valence-corrected chi connectivity index (χ4v) is 29.6. The molecular formula is C130H122N2O4S4. The van der Waals surface area contributed by atoms with Crippen molar-refractivity contribution in [1.82, 2.24) is 9.97 Å². The molecule has 2 atom stereocenters. The minimum Gasteiger partial charge on any atom is -0.477 e. The van der Waals surface area contributed by atoms with Crippen molar-refractivity contribution in [3.63, 3.8) is 0 Å². The molecule has 0 aliphatic heterocycles. The summed E-state index contributed by atoms with van der Waals surface area (Å²) in [5.41, 5.74) is 20.3. The van der Waals surface area contributed by atoms with Crippen molar-refractivity contribution in [2.45, 2.75) is 246 Å². The van der Waals surface area contributed by atoms with Crippen LogP contribution in [0.15, 0.2) is 204 Å². The van der Waals surface area contributed by atoms with E-state index < -0.39 is 10.8 Å². The van der Waals surface area contributed by atoms with E-state index in [9.17, 15) is 0 Å². The van der Waals surface area contributed by atoms with Crippen LogP contribution in [-0.2, 0) is 36.5 Å². The summed E-state index contributed by atoms with van der Waals surface area (Å²) in [6.07, 6.45) is 60.7. The van der Waals surface area contributed by atoms with Crippen molar-refractivity contribution in [2.24, 2.45) is 11.8 Å². The number of aromatic nitrogens is 2. The number of thiophene rings is 4. The van der Waals surface area contributed by atoms with Crippen LogP contribution in [0.1, 0.15) is 318 Å². The number of fused-ring (bicyclic) bond motifs is 16. The molecule has 2 unspecified atom stereocenters. The quantitative estimate of drug-likeness (QED) is 0.0125. The molecule has 11 aromatic carbocycles. The van der Waals surface area contributed by atoms with E-state index in [4.69, 9.17) is 45.1 Å². The summed E-state index contributed by atoms with van der Waals surface area (Å²) in [6.45, 7) is 19.4. The number of ether oxygens (including phenoxy) is 2. The number of terminal acetylenes is 4. The highest BCUT2D eigenvalue weighted by atomic mass is 32.1. The molecule has 6 heterocycles. The minimum atomic E-state index is -0.940. The number of nitrogens with zero attached hydrogens (tertiary/aromatic N) is 2. The number of unbranched alkanes of at least 4 members (excludes halogenated alkanes) is 14. The molecule has 700 valence electrons. The van der Waals surface area contributed by atoms with Gasteiger partial charge < -0.3 is 9.47 Å². The van der Waals surface area contributed by atoms with Gasteiger partial charge in [-0.3, -0.25) is 9.59 Å². The Morgan fingerprint density at radius 3 is 0.993 bits per heavy atom. The third-order valence-corrected chi connectivity index (χ3v) is 36.3. The summed E-state index contributed by atoms with van der Waals surface area (Å²) in [7, 11) is 0. The van der Waals surface area contributed by atoms with E-state index in [0.717, 1.165) is 208 Å². The van der Waals surface area contributed by atoms with Gasteiger partial charge in [0.15, 0.2) is 11.6 Å². The summed E-state index contributed by atoms with van der Waals surface area (Å²) in [6, 6.07) is 68.9. The Balaban J connectivity index is 0.911. The highest BCUT2D eigenvalue weighted by Gasteiger charge is 2.54. The largest absolute Gasteiger partial charge is 0.477 e. The van der Waals surface area contributed by atoms with E-state index in [1.54, 1.807) is 22.7 Å². The Bertz CT molecular complexity index is 7380. The topological polar surface area (TPSA) is 78.4 Å². The molecule has 0 radical (unpaired) electrons. The van der Waals surface area contributed by atoms with Crippen LogP contribution in [-0.4, -0.2) is 34.7 Å². The molecule has 21 rings (SSSR count). The smallest absolute Gasteiger partial charge is 0.223 e. The minimum absolute atomic E-state index is 0.0961. The molecule has 0 spiro atoms. The molecule has 4 aliphatic carbocycles. The van der Waals surface area contributed by atoms with Crippen molar-refractivity contribution in [1.29, 1.82) is 0 Å². The van der Waals surface area contributed by atoms with Crippen LogP contribution in [0, 0.1) is 61.2 Å². The van der Waals surface area contributed by atoms with Gasteiger partial charge >= 0.3 is 0 Å². The lowest BCUT2D eigenvalue weighted by molar-refractivity contribution is 0.103. The van der Waals surface area contributed by atoms with Gasteiger partial charge in [-0.25, -0.2) is 9.97 Å². The lowest BCUT2D eigenvalue weighted by Crippen LogP contribution is -2.28. The fraction of sp³-hybridized carbons (Fsp3) is 0.323. The molecule has 6 aromatic heterocycles. The van der Waals surface area contributed by atoms with Crippen molar-refractivity contribution in [2.75, 3.05) is 13.2 Å². The summed E-state index contributed by atoms with van der Waals surface area (Å²) in [4.78, 5) is 49.6. The van der Waals surface area contributed by atoms with Crippen molar-refractivity contribution in [3.05, 3.63) is 303 Å². The van der Waals surface area contributed by atoms with Gasteiger partial charge in [0.1, 0.15) is 0 Å². The average molecular weight is 1900 g/mol. The SMILES string of the molecule is C#CC(C#C)=C1/C(=C/c2cc3c(s2)-c2sc4c(c2C3(c2ccc(CCCCCC)cc2)c2ccc(CCCCCC)cc2)c2ccc3nc(OCC(CC)CCCC)c5c6sc7c(c6c6ccc8nc(OCC(CC)CCCC)c4c4c8c6c5c3c24)C(c2ccc(CCCCCC)cc2)(c2ccc(CCCCCC)cc2)c2cc(/C=C3\C(=O)c4ccccc4C3=C(C#C)C#C)sc2-7)C(=O)c2ccccc21. The molecule has 140 heavy (non-hydrogen) atoms. The van der Waals surface area contributed by atoms with Crippen molar-refractivity contribution < 1.29 is 19.1 Å². The van der Waals surface area contributed by atoms with Gasteiger partial charge in [0.25, 0.3) is 0 Å². The van der Waals surface area contributed by atoms with E-state index in [1.165, 1.54) is 164 Å². The lowest BCUT2D eigenvalue weighted by Gasteiger charge is -2.34. The first kappa shape index (κ1) is 93.8. The number of allylic oxidation sites excluding steroid dienone is 6. The van der Waals surface area contributed by atoms with Crippen LogP contribution in [0.3, 0.4) is 0 Å². The second kappa shape index (κ2) is 39.9. The monoisotopic (exact) mass is 1900 g/mol. The maximum absolute atomic E-state index is 15.3. The number of hydrogen-bond donors (Lipinski definition) is 0. The van der Waals surface area contributed by atoms with E-state index in [2.05, 4.69) is 225 Å². The molecule has 0 bridgehead atoms.